The first-order valence-corrected chi connectivity index (χ1v) is 10.6. The van der Waals surface area contributed by atoms with Gasteiger partial charge in [0.15, 0.2) is 0 Å². The Morgan fingerprint density at radius 3 is 2.60 bits per heavy atom. The fourth-order valence-corrected chi connectivity index (χ4v) is 3.74. The van der Waals surface area contributed by atoms with Gasteiger partial charge in [-0.2, -0.15) is 0 Å². The van der Waals surface area contributed by atoms with Gasteiger partial charge in [-0.05, 0) is 49.9 Å². The second-order valence-corrected chi connectivity index (χ2v) is 8.17. The lowest BCUT2D eigenvalue weighted by atomic mass is 10.0. The van der Waals surface area contributed by atoms with E-state index < -0.39 is 0 Å². The fourth-order valence-electron chi connectivity index (χ4n) is 3.74. The number of carbonyl (C=O) groups excluding carboxylic acids is 1. The van der Waals surface area contributed by atoms with Crippen molar-refractivity contribution in [3.63, 3.8) is 0 Å². The third-order valence-corrected chi connectivity index (χ3v) is 5.41. The summed E-state index contributed by atoms with van der Waals surface area (Å²) in [6.07, 6.45) is 4.49. The van der Waals surface area contributed by atoms with Gasteiger partial charge in [0.2, 0.25) is 0 Å². The van der Waals surface area contributed by atoms with Crippen LogP contribution in [-0.2, 0) is 11.3 Å². The molecule has 0 aliphatic rings. The van der Waals surface area contributed by atoms with Crippen LogP contribution in [0.25, 0.3) is 11.0 Å². The van der Waals surface area contributed by atoms with E-state index in [1.165, 1.54) is 0 Å². The van der Waals surface area contributed by atoms with Gasteiger partial charge in [-0.15, -0.1) is 0 Å². The molecular formula is C24H32N4O2. The molecule has 0 unspecified atom stereocenters. The first-order valence-electron chi connectivity index (χ1n) is 10.6. The highest BCUT2D eigenvalue weighted by molar-refractivity contribution is 5.94. The molecule has 0 fully saturated rings. The number of fused-ring (bicyclic) bond motifs is 1. The van der Waals surface area contributed by atoms with Gasteiger partial charge in [0.05, 0.1) is 24.4 Å². The summed E-state index contributed by atoms with van der Waals surface area (Å²) in [6.45, 7) is 10.3. The first kappa shape index (κ1) is 22.0. The zero-order valence-corrected chi connectivity index (χ0v) is 18.6. The summed E-state index contributed by atoms with van der Waals surface area (Å²) in [6, 6.07) is 9.93. The normalized spacial score (nSPS) is 12.5. The van der Waals surface area contributed by atoms with E-state index in [9.17, 15) is 4.79 Å². The Morgan fingerprint density at radius 2 is 1.93 bits per heavy atom. The van der Waals surface area contributed by atoms with Gasteiger partial charge in [-0.1, -0.05) is 26.0 Å². The summed E-state index contributed by atoms with van der Waals surface area (Å²) >= 11 is 0. The van der Waals surface area contributed by atoms with E-state index in [1.54, 1.807) is 12.4 Å². The monoisotopic (exact) mass is 408 g/mol. The van der Waals surface area contributed by atoms with Crippen molar-refractivity contribution in [1.29, 1.82) is 0 Å². The summed E-state index contributed by atoms with van der Waals surface area (Å²) < 4.78 is 7.79. The molecule has 1 amide bonds. The van der Waals surface area contributed by atoms with Crippen molar-refractivity contribution in [2.45, 2.75) is 46.7 Å². The highest BCUT2D eigenvalue weighted by Gasteiger charge is 2.22. The molecule has 30 heavy (non-hydrogen) atoms. The molecule has 0 aliphatic heterocycles. The number of amides is 1. The minimum Gasteiger partial charge on any atom is -0.380 e. The number of ether oxygens (including phenoxy) is 1. The van der Waals surface area contributed by atoms with Crippen LogP contribution in [-0.4, -0.2) is 51.6 Å². The Kier molecular flexibility index (Phi) is 7.21. The number of likely N-dealkylation sites (N-methyl/N-ethyl adjacent to an activating group) is 1. The molecular weight excluding hydrogens is 376 g/mol. The Balaban J connectivity index is 1.74. The molecule has 0 N–H and O–H groups in total. The van der Waals surface area contributed by atoms with E-state index in [0.29, 0.717) is 31.2 Å². The maximum Gasteiger partial charge on any atom is 0.253 e. The lowest BCUT2D eigenvalue weighted by Gasteiger charge is -2.29. The maximum absolute atomic E-state index is 13.0. The quantitative estimate of drug-likeness (QED) is 0.529. The third kappa shape index (κ3) is 5.05. The maximum atomic E-state index is 13.0. The molecule has 6 nitrogen and oxygen atoms in total. The zero-order chi connectivity index (χ0) is 21.7. The second-order valence-electron chi connectivity index (χ2n) is 8.17. The van der Waals surface area contributed by atoms with Crippen molar-refractivity contribution in [2.75, 3.05) is 20.3 Å². The van der Waals surface area contributed by atoms with Crippen molar-refractivity contribution in [2.24, 2.45) is 5.92 Å². The van der Waals surface area contributed by atoms with Crippen LogP contribution in [0.4, 0.5) is 0 Å². The predicted octanol–water partition coefficient (Wildman–Crippen LogP) is 4.31. The van der Waals surface area contributed by atoms with Crippen LogP contribution in [0.3, 0.4) is 0 Å². The number of imidazole rings is 1. The summed E-state index contributed by atoms with van der Waals surface area (Å²) in [7, 11) is 1.87. The van der Waals surface area contributed by atoms with Crippen LogP contribution in [0.1, 0.15) is 48.9 Å². The number of nitrogens with zero attached hydrogens (tertiary/aromatic N) is 4. The van der Waals surface area contributed by atoms with Crippen molar-refractivity contribution >= 4 is 16.9 Å². The number of rotatable bonds is 9. The Bertz CT molecular complexity index is 979. The smallest absolute Gasteiger partial charge is 0.253 e. The van der Waals surface area contributed by atoms with E-state index >= 15 is 0 Å². The summed E-state index contributed by atoms with van der Waals surface area (Å²) in [5.74, 6) is 1.48. The number of benzene rings is 1. The Labute approximate surface area is 178 Å². The van der Waals surface area contributed by atoms with Crippen molar-refractivity contribution in [1.82, 2.24) is 19.4 Å². The fraction of sp³-hybridized carbons (Fsp3) is 0.458. The van der Waals surface area contributed by atoms with Gasteiger partial charge in [0.1, 0.15) is 11.3 Å². The van der Waals surface area contributed by atoms with Gasteiger partial charge in [-0.3, -0.25) is 9.78 Å². The molecule has 2 aromatic heterocycles. The van der Waals surface area contributed by atoms with Gasteiger partial charge in [-0.25, -0.2) is 4.98 Å². The highest BCUT2D eigenvalue weighted by Crippen LogP contribution is 2.18. The molecule has 1 atom stereocenters. The van der Waals surface area contributed by atoms with E-state index in [0.717, 1.165) is 28.8 Å². The average molecular weight is 409 g/mol. The number of hydrogen-bond donors (Lipinski definition) is 0. The lowest BCUT2D eigenvalue weighted by Crippen LogP contribution is -2.41. The number of aryl methyl sites for hydroxylation is 1. The second kappa shape index (κ2) is 9.85. The Morgan fingerprint density at radius 1 is 1.20 bits per heavy atom. The number of hydrogen-bond acceptors (Lipinski definition) is 4. The highest BCUT2D eigenvalue weighted by atomic mass is 16.5. The van der Waals surface area contributed by atoms with E-state index in [2.05, 4.69) is 28.4 Å². The zero-order valence-electron chi connectivity index (χ0n) is 18.6. The van der Waals surface area contributed by atoms with Gasteiger partial charge in [0.25, 0.3) is 5.91 Å². The molecule has 3 aromatic rings. The van der Waals surface area contributed by atoms with Crippen LogP contribution in [0.15, 0.2) is 42.7 Å². The summed E-state index contributed by atoms with van der Waals surface area (Å²) in [5, 5.41) is 0. The summed E-state index contributed by atoms with van der Waals surface area (Å²) in [4.78, 5) is 23.6. The third-order valence-electron chi connectivity index (χ3n) is 5.41. The van der Waals surface area contributed by atoms with Gasteiger partial charge < -0.3 is 14.2 Å². The minimum absolute atomic E-state index is 0.0299. The molecule has 0 saturated carbocycles. The van der Waals surface area contributed by atoms with Crippen LogP contribution in [0.5, 0.6) is 0 Å². The predicted molar refractivity (Wildman–Crippen MR) is 120 cm³/mol. The molecule has 0 aliphatic carbocycles. The molecule has 3 rings (SSSR count). The molecule has 6 heteroatoms. The number of carbonyl (C=O) groups is 1. The minimum atomic E-state index is 0.0299. The van der Waals surface area contributed by atoms with Gasteiger partial charge in [0, 0.05) is 32.0 Å². The van der Waals surface area contributed by atoms with Gasteiger partial charge >= 0.3 is 0 Å². The van der Waals surface area contributed by atoms with E-state index in [-0.39, 0.29) is 11.9 Å². The number of aromatic nitrogens is 3. The van der Waals surface area contributed by atoms with Crippen molar-refractivity contribution < 1.29 is 9.53 Å². The van der Waals surface area contributed by atoms with E-state index in [4.69, 9.17) is 4.74 Å². The molecule has 0 spiro atoms. The number of pyridine rings is 1. The van der Waals surface area contributed by atoms with Crippen LogP contribution in [0.2, 0.25) is 0 Å². The molecule has 0 bridgehead atoms. The molecule has 0 saturated heterocycles. The largest absolute Gasteiger partial charge is 0.380 e. The molecule has 160 valence electrons. The lowest BCUT2D eigenvalue weighted by molar-refractivity contribution is 0.0483. The standard InChI is InChI=1S/C24H32N4O2/c1-6-30-16-21(13-17(2)3)27(5)24(29)20-9-7-19(8-10-20)15-28-18(4)26-22-14-25-12-11-23(22)28/h7-12,14,17,21H,6,13,15-16H2,1-5H3/t21-/m0/s1. The average Bonchev–Trinajstić information content (AvgIpc) is 3.05. The SMILES string of the molecule is CCOC[C@H](CC(C)C)N(C)C(=O)c1ccc(Cn2c(C)nc3cnccc32)cc1. The molecule has 2 heterocycles. The topological polar surface area (TPSA) is 60.2 Å². The molecule has 1 aromatic carbocycles. The van der Waals surface area contributed by atoms with E-state index in [1.807, 2.05) is 56.1 Å². The molecule has 0 radical (unpaired) electrons. The first-order chi connectivity index (χ1) is 14.4. The van der Waals surface area contributed by atoms with Crippen molar-refractivity contribution in [3.05, 3.63) is 59.7 Å². The van der Waals surface area contributed by atoms with Crippen LogP contribution >= 0.6 is 0 Å². The summed E-state index contributed by atoms with van der Waals surface area (Å²) in [5.41, 5.74) is 3.79. The van der Waals surface area contributed by atoms with Crippen molar-refractivity contribution in [3.8, 4) is 0 Å². The Hall–Kier alpha value is -2.73. The van der Waals surface area contributed by atoms with Crippen LogP contribution < -0.4 is 0 Å². The van der Waals surface area contributed by atoms with Crippen LogP contribution in [0, 0.1) is 12.8 Å².